The number of carbonyl (C=O) groups is 1. The first kappa shape index (κ1) is 19.7. The Labute approximate surface area is 165 Å². The Morgan fingerprint density at radius 3 is 2.81 bits per heavy atom. The molecule has 1 atom stereocenters. The maximum atomic E-state index is 12.7. The molecule has 144 valence electrons. The molecule has 1 N–H and O–H groups in total. The highest BCUT2D eigenvalue weighted by atomic mass is 32.1. The largest absolute Gasteiger partial charge is 0.462 e. The van der Waals surface area contributed by atoms with E-state index in [-0.39, 0.29) is 11.6 Å². The molecule has 3 heterocycles. The summed E-state index contributed by atoms with van der Waals surface area (Å²) in [6, 6.07) is 4.09. The first-order valence-corrected chi connectivity index (χ1v) is 10.6. The zero-order valence-electron chi connectivity index (χ0n) is 15.9. The SMILES string of the molecule is CCOC(=O)c1sc2nc([C@H](C)N(CC)Cc3cccs3)[nH]c(=O)c2c1C. The summed E-state index contributed by atoms with van der Waals surface area (Å²) in [5, 5.41) is 2.53. The highest BCUT2D eigenvalue weighted by Crippen LogP contribution is 2.29. The lowest BCUT2D eigenvalue weighted by molar-refractivity contribution is 0.0531. The average Bonchev–Trinajstić information content (AvgIpc) is 3.27. The Morgan fingerprint density at radius 2 is 2.19 bits per heavy atom. The Bertz CT molecular complexity index is 992. The van der Waals surface area contributed by atoms with E-state index < -0.39 is 5.97 Å². The predicted molar refractivity (Wildman–Crippen MR) is 110 cm³/mol. The lowest BCUT2D eigenvalue weighted by Gasteiger charge is -2.26. The van der Waals surface area contributed by atoms with Gasteiger partial charge in [0.25, 0.3) is 5.56 Å². The van der Waals surface area contributed by atoms with Gasteiger partial charge in [0, 0.05) is 11.4 Å². The molecule has 6 nitrogen and oxygen atoms in total. The number of nitrogens with zero attached hydrogens (tertiary/aromatic N) is 2. The molecule has 0 saturated heterocycles. The summed E-state index contributed by atoms with van der Waals surface area (Å²) < 4.78 is 5.09. The van der Waals surface area contributed by atoms with Gasteiger partial charge < -0.3 is 9.72 Å². The van der Waals surface area contributed by atoms with Crippen LogP contribution in [0.1, 0.15) is 52.7 Å². The molecule has 27 heavy (non-hydrogen) atoms. The van der Waals surface area contributed by atoms with Crippen LogP contribution in [0, 0.1) is 6.92 Å². The molecule has 0 aliphatic rings. The highest BCUT2D eigenvalue weighted by Gasteiger charge is 2.23. The first-order valence-electron chi connectivity index (χ1n) is 8.93. The second kappa shape index (κ2) is 8.33. The van der Waals surface area contributed by atoms with Gasteiger partial charge in [0.2, 0.25) is 0 Å². The molecule has 0 fully saturated rings. The molecule has 0 radical (unpaired) electrons. The third kappa shape index (κ3) is 3.97. The molecular weight excluding hydrogens is 382 g/mol. The summed E-state index contributed by atoms with van der Waals surface area (Å²) in [4.78, 5) is 37.0. The Hall–Kier alpha value is -2.03. The van der Waals surface area contributed by atoms with E-state index in [1.165, 1.54) is 16.2 Å². The van der Waals surface area contributed by atoms with Gasteiger partial charge in [-0.15, -0.1) is 22.7 Å². The molecule has 0 aliphatic carbocycles. The van der Waals surface area contributed by atoms with Crippen LogP contribution in [-0.4, -0.2) is 34.0 Å². The average molecular weight is 406 g/mol. The van der Waals surface area contributed by atoms with Gasteiger partial charge in [-0.1, -0.05) is 13.0 Å². The number of aryl methyl sites for hydroxylation is 1. The van der Waals surface area contributed by atoms with Crippen LogP contribution in [0.4, 0.5) is 0 Å². The Kier molecular flexibility index (Phi) is 6.08. The molecule has 0 amide bonds. The number of esters is 1. The topological polar surface area (TPSA) is 75.3 Å². The Balaban J connectivity index is 1.97. The van der Waals surface area contributed by atoms with E-state index >= 15 is 0 Å². The molecular formula is C19H23N3O3S2. The Morgan fingerprint density at radius 1 is 1.41 bits per heavy atom. The normalized spacial score (nSPS) is 12.6. The molecule has 3 aromatic heterocycles. The summed E-state index contributed by atoms with van der Waals surface area (Å²) in [5.74, 6) is 0.211. The van der Waals surface area contributed by atoms with Crippen LogP contribution in [0.15, 0.2) is 22.3 Å². The van der Waals surface area contributed by atoms with Crippen molar-refractivity contribution in [3.05, 3.63) is 49.0 Å². The standard InChI is InChI=1S/C19H23N3O3S2/c1-5-22(10-13-8-7-9-26-13)12(4)16-20-17(23)14-11(3)15(19(24)25-6-2)27-18(14)21-16/h7-9,12H,5-6,10H2,1-4H3,(H,20,21,23)/t12-/m0/s1. The number of hydrogen-bond donors (Lipinski definition) is 1. The van der Waals surface area contributed by atoms with Crippen LogP contribution in [0.3, 0.4) is 0 Å². The number of ether oxygens (including phenoxy) is 1. The van der Waals surface area contributed by atoms with Gasteiger partial charge in [-0.2, -0.15) is 0 Å². The van der Waals surface area contributed by atoms with E-state index in [4.69, 9.17) is 4.74 Å². The second-order valence-electron chi connectivity index (χ2n) is 6.23. The summed E-state index contributed by atoms with van der Waals surface area (Å²) in [7, 11) is 0. The van der Waals surface area contributed by atoms with Crippen molar-refractivity contribution in [3.8, 4) is 0 Å². The van der Waals surface area contributed by atoms with E-state index in [0.717, 1.165) is 13.1 Å². The number of thiophene rings is 2. The number of hydrogen-bond acceptors (Lipinski definition) is 7. The van der Waals surface area contributed by atoms with Crippen molar-refractivity contribution < 1.29 is 9.53 Å². The van der Waals surface area contributed by atoms with Crippen LogP contribution >= 0.6 is 22.7 Å². The fourth-order valence-corrected chi connectivity index (χ4v) is 4.86. The predicted octanol–water partition coefficient (Wildman–Crippen LogP) is 4.11. The van der Waals surface area contributed by atoms with Gasteiger partial charge in [-0.25, -0.2) is 9.78 Å². The summed E-state index contributed by atoms with van der Waals surface area (Å²) in [5.41, 5.74) is 0.422. The van der Waals surface area contributed by atoms with Crippen molar-refractivity contribution in [2.75, 3.05) is 13.2 Å². The smallest absolute Gasteiger partial charge is 0.348 e. The summed E-state index contributed by atoms with van der Waals surface area (Å²) >= 11 is 2.93. The van der Waals surface area contributed by atoms with Gasteiger partial charge in [-0.05, 0) is 44.3 Å². The van der Waals surface area contributed by atoms with Crippen LogP contribution in [0.2, 0.25) is 0 Å². The molecule has 0 aliphatic heterocycles. The summed E-state index contributed by atoms with van der Waals surface area (Å²) in [6.45, 7) is 9.58. The molecule has 0 aromatic carbocycles. The maximum Gasteiger partial charge on any atom is 0.348 e. The fraction of sp³-hybridized carbons (Fsp3) is 0.421. The van der Waals surface area contributed by atoms with Crippen LogP contribution in [0.25, 0.3) is 10.2 Å². The fourth-order valence-electron chi connectivity index (χ4n) is 3.05. The van der Waals surface area contributed by atoms with Crippen LogP contribution < -0.4 is 5.56 Å². The number of aromatic nitrogens is 2. The minimum absolute atomic E-state index is 0.0531. The lowest BCUT2D eigenvalue weighted by atomic mass is 10.2. The number of H-pyrrole nitrogens is 1. The van der Waals surface area contributed by atoms with Gasteiger partial charge in [-0.3, -0.25) is 9.69 Å². The molecule has 8 heteroatoms. The van der Waals surface area contributed by atoms with Gasteiger partial charge in [0.1, 0.15) is 15.5 Å². The number of carbonyl (C=O) groups excluding carboxylic acids is 1. The second-order valence-corrected chi connectivity index (χ2v) is 8.26. The third-order valence-corrected chi connectivity index (χ3v) is 6.60. The van der Waals surface area contributed by atoms with Crippen molar-refractivity contribution in [1.82, 2.24) is 14.9 Å². The molecule has 0 saturated carbocycles. The number of nitrogens with one attached hydrogen (secondary N) is 1. The zero-order chi connectivity index (χ0) is 19.6. The van der Waals surface area contributed by atoms with E-state index in [1.807, 2.05) is 13.0 Å². The monoisotopic (exact) mass is 405 g/mol. The summed E-state index contributed by atoms with van der Waals surface area (Å²) in [6.07, 6.45) is 0. The van der Waals surface area contributed by atoms with E-state index in [1.54, 1.807) is 25.2 Å². The molecule has 3 aromatic rings. The van der Waals surface area contributed by atoms with Crippen molar-refractivity contribution in [1.29, 1.82) is 0 Å². The number of fused-ring (bicyclic) bond motifs is 1. The van der Waals surface area contributed by atoms with Gasteiger partial charge in [0.05, 0.1) is 18.0 Å². The quantitative estimate of drug-likeness (QED) is 0.599. The van der Waals surface area contributed by atoms with Gasteiger partial charge in [0.15, 0.2) is 0 Å². The first-order chi connectivity index (χ1) is 13.0. The number of rotatable bonds is 7. The molecule has 0 unspecified atom stereocenters. The van der Waals surface area contributed by atoms with Crippen molar-refractivity contribution in [2.24, 2.45) is 0 Å². The van der Waals surface area contributed by atoms with Crippen molar-refractivity contribution >= 4 is 38.9 Å². The number of aromatic amines is 1. The molecule has 3 rings (SSSR count). The zero-order valence-corrected chi connectivity index (χ0v) is 17.5. The molecule has 0 bridgehead atoms. The van der Waals surface area contributed by atoms with E-state index in [9.17, 15) is 9.59 Å². The third-order valence-electron chi connectivity index (χ3n) is 4.57. The molecule has 0 spiro atoms. The van der Waals surface area contributed by atoms with E-state index in [2.05, 4.69) is 33.2 Å². The maximum absolute atomic E-state index is 12.7. The van der Waals surface area contributed by atoms with E-state index in [0.29, 0.717) is 33.1 Å². The van der Waals surface area contributed by atoms with Crippen LogP contribution in [-0.2, 0) is 11.3 Å². The minimum Gasteiger partial charge on any atom is -0.462 e. The van der Waals surface area contributed by atoms with Crippen molar-refractivity contribution in [3.63, 3.8) is 0 Å². The highest BCUT2D eigenvalue weighted by molar-refractivity contribution is 7.20. The lowest BCUT2D eigenvalue weighted by Crippen LogP contribution is -2.29. The van der Waals surface area contributed by atoms with Crippen LogP contribution in [0.5, 0.6) is 0 Å². The van der Waals surface area contributed by atoms with Crippen molar-refractivity contribution in [2.45, 2.75) is 40.3 Å². The minimum atomic E-state index is -0.403. The van der Waals surface area contributed by atoms with Gasteiger partial charge >= 0.3 is 5.97 Å².